The Bertz CT molecular complexity index is 1820. The smallest absolute Gasteiger partial charge is 0.418 e. The molecule has 0 radical (unpaired) electrons. The van der Waals surface area contributed by atoms with Crippen molar-refractivity contribution in [2.24, 2.45) is 0 Å². The summed E-state index contributed by atoms with van der Waals surface area (Å²) in [6.07, 6.45) is -3.05. The van der Waals surface area contributed by atoms with Gasteiger partial charge in [-0.2, -0.15) is 23.1 Å². The zero-order valence-electron chi connectivity index (χ0n) is 26.6. The molecule has 16 heteroatoms. The van der Waals surface area contributed by atoms with Gasteiger partial charge in [-0.05, 0) is 57.2 Å². The van der Waals surface area contributed by atoms with Crippen LogP contribution in [0, 0.1) is 17.7 Å². The molecule has 260 valence electrons. The second-order valence-electron chi connectivity index (χ2n) is 13.2. The number of nitrogens with one attached hydrogen (secondary N) is 2. The number of aromatic nitrogens is 2. The van der Waals surface area contributed by atoms with Gasteiger partial charge in [0.05, 0.1) is 48.1 Å². The van der Waals surface area contributed by atoms with Gasteiger partial charge in [-0.3, -0.25) is 15.0 Å². The first-order valence-corrected chi connectivity index (χ1v) is 16.0. The van der Waals surface area contributed by atoms with Gasteiger partial charge in [-0.25, -0.2) is 13.6 Å². The van der Waals surface area contributed by atoms with Crippen molar-refractivity contribution in [2.45, 2.75) is 75.4 Å². The van der Waals surface area contributed by atoms with Gasteiger partial charge >= 0.3 is 18.2 Å². The number of alkyl halides is 3. The van der Waals surface area contributed by atoms with Gasteiger partial charge in [0.1, 0.15) is 18.0 Å². The van der Waals surface area contributed by atoms with Gasteiger partial charge in [-0.15, -0.1) is 5.92 Å². The number of ether oxygens (including phenoxy) is 2. The number of piperidine rings is 1. The van der Waals surface area contributed by atoms with E-state index < -0.39 is 63.5 Å². The quantitative estimate of drug-likeness (QED) is 0.184. The monoisotopic (exact) mass is 687 g/mol. The van der Waals surface area contributed by atoms with E-state index in [-0.39, 0.29) is 37.9 Å². The van der Waals surface area contributed by atoms with Crippen molar-refractivity contribution in [1.82, 2.24) is 25.5 Å². The number of hydrogen-bond acceptors (Lipinski definition) is 9. The first kappa shape index (κ1) is 33.0. The Morgan fingerprint density at radius 3 is 2.73 bits per heavy atom. The average molecular weight is 688 g/mol. The number of nitrogens with zero attached hydrogens (tertiary/aromatic N) is 4. The fraction of sp³-hybridized carbons (Fsp3) is 0.515. The Kier molecular flexibility index (Phi) is 8.18. The lowest BCUT2D eigenvalue weighted by molar-refractivity contribution is -0.140. The molecule has 4 N–H and O–H groups in total. The number of imide groups is 1. The summed E-state index contributed by atoms with van der Waals surface area (Å²) in [5, 5.41) is 5.01. The number of urea groups is 1. The van der Waals surface area contributed by atoms with Crippen LogP contribution in [0.1, 0.15) is 73.1 Å². The van der Waals surface area contributed by atoms with E-state index in [9.17, 15) is 27.2 Å². The lowest BCUT2D eigenvalue weighted by Crippen LogP contribution is -2.59. The molecule has 0 aliphatic carbocycles. The van der Waals surface area contributed by atoms with E-state index in [1.165, 1.54) is 6.92 Å². The summed E-state index contributed by atoms with van der Waals surface area (Å²) in [6.45, 7) is 2.95. The molecular weight excluding hydrogens is 653 g/mol. The highest BCUT2D eigenvalue weighted by molar-refractivity contribution is 6.07. The third kappa shape index (κ3) is 5.72. The number of carbonyl (C=O) groups is 2. The van der Waals surface area contributed by atoms with Crippen LogP contribution in [-0.2, 0) is 28.7 Å². The molecule has 3 atom stereocenters. The normalized spacial score (nSPS) is 27.5. The Morgan fingerprint density at radius 1 is 1.22 bits per heavy atom. The maximum absolute atomic E-state index is 15.6. The molecule has 49 heavy (non-hydrogen) atoms. The highest BCUT2D eigenvalue weighted by Crippen LogP contribution is 2.46. The molecule has 0 unspecified atom stereocenters. The Hall–Kier alpha value is -4.49. The fourth-order valence-electron chi connectivity index (χ4n) is 7.99. The van der Waals surface area contributed by atoms with E-state index in [0.29, 0.717) is 55.6 Å². The van der Waals surface area contributed by atoms with Gasteiger partial charge in [-0.1, -0.05) is 5.92 Å². The predicted octanol–water partition coefficient (Wildman–Crippen LogP) is 4.05. The molecule has 2 aromatic rings. The zero-order valence-corrected chi connectivity index (χ0v) is 26.6. The number of anilines is 2. The van der Waals surface area contributed by atoms with Gasteiger partial charge < -0.3 is 25.4 Å². The number of carbonyl (C=O) groups excluding carboxylic acids is 2. The topological polar surface area (TPSA) is 135 Å². The highest BCUT2D eigenvalue weighted by Gasteiger charge is 2.50. The summed E-state index contributed by atoms with van der Waals surface area (Å²) in [4.78, 5) is 38.2. The molecule has 1 aromatic carbocycles. The molecule has 3 amide bonds. The van der Waals surface area contributed by atoms with E-state index in [4.69, 9.17) is 20.2 Å². The number of nitrogen functional groups attached to an aromatic ring is 1. The van der Waals surface area contributed by atoms with Gasteiger partial charge in [0.2, 0.25) is 0 Å². The third-order valence-electron chi connectivity index (χ3n) is 10.2. The number of nitrogens with two attached hydrogens (primary N) is 1. The minimum absolute atomic E-state index is 0.0559. The van der Waals surface area contributed by atoms with Crippen LogP contribution in [0.25, 0.3) is 0 Å². The minimum atomic E-state index is -4.98. The summed E-state index contributed by atoms with van der Waals surface area (Å²) in [5.41, 5.74) is 2.51. The largest absolute Gasteiger partial charge is 0.461 e. The first-order chi connectivity index (χ1) is 23.4. The van der Waals surface area contributed by atoms with Crippen LogP contribution in [0.2, 0.25) is 0 Å². The van der Waals surface area contributed by atoms with E-state index >= 15 is 4.39 Å². The van der Waals surface area contributed by atoms with Crippen molar-refractivity contribution in [3.8, 4) is 17.9 Å². The standard InChI is InChI=1S/C33H34F5N7O4/c1-2-5-19-10-21(39)26(35)24(25(19)33(36,37)38)23-11-22-20(15-48-23)27(44-8-4-7-32(16-44)28(46)42-29(47)43-32)41-30(40-22)49-17-31-6-3-9-45(31)14-18(12-31)13-34/h10,13,23H,3-4,6-9,11-12,14-17,39H2,1H3,(H2,42,43,46,47)/b18-13+/t23-,31+,32-/m1/s1. The Morgan fingerprint density at radius 2 is 2.02 bits per heavy atom. The zero-order chi connectivity index (χ0) is 34.7. The second kappa shape index (κ2) is 12.1. The molecule has 7 rings (SSSR count). The van der Waals surface area contributed by atoms with Crippen molar-refractivity contribution in [3.05, 3.63) is 51.7 Å². The van der Waals surface area contributed by atoms with Crippen LogP contribution < -0.4 is 26.0 Å². The molecule has 11 nitrogen and oxygen atoms in total. The summed E-state index contributed by atoms with van der Waals surface area (Å²) in [5.74, 6) is 3.42. The highest BCUT2D eigenvalue weighted by atomic mass is 19.4. The third-order valence-corrected chi connectivity index (χ3v) is 10.2. The molecule has 0 saturated carbocycles. The molecular formula is C33H34F5N7O4. The van der Waals surface area contributed by atoms with Crippen LogP contribution in [0.5, 0.6) is 6.01 Å². The van der Waals surface area contributed by atoms with Gasteiger partial charge in [0.25, 0.3) is 5.91 Å². The van der Waals surface area contributed by atoms with E-state index in [1.807, 2.05) is 0 Å². The van der Waals surface area contributed by atoms with Crippen LogP contribution in [0.3, 0.4) is 0 Å². The van der Waals surface area contributed by atoms with Crippen molar-refractivity contribution >= 4 is 23.4 Å². The number of halogens is 5. The number of amides is 3. The van der Waals surface area contributed by atoms with E-state index in [2.05, 4.69) is 32.4 Å². The molecule has 4 saturated heterocycles. The van der Waals surface area contributed by atoms with Crippen molar-refractivity contribution in [3.63, 3.8) is 0 Å². The summed E-state index contributed by atoms with van der Waals surface area (Å²) >= 11 is 0. The lowest BCUT2D eigenvalue weighted by Gasteiger charge is -2.40. The molecule has 1 aromatic heterocycles. The van der Waals surface area contributed by atoms with E-state index in [0.717, 1.165) is 25.5 Å². The Labute approximate surface area is 278 Å². The number of hydrogen-bond donors (Lipinski definition) is 3. The van der Waals surface area contributed by atoms with Crippen LogP contribution >= 0.6 is 0 Å². The molecule has 5 aliphatic rings. The van der Waals surface area contributed by atoms with Crippen LogP contribution in [0.4, 0.5) is 38.3 Å². The summed E-state index contributed by atoms with van der Waals surface area (Å²) in [6, 6.07) is 0.181. The van der Waals surface area contributed by atoms with Crippen molar-refractivity contribution in [1.29, 1.82) is 0 Å². The SMILES string of the molecule is CC#Cc1cc(N)c(F)c([C@H]2Cc3nc(OC[C@@]45CCCN4C/C(=C/F)C5)nc(N4CCC[C@]5(C4)NC(=O)NC5=O)c3CO2)c1C(F)(F)F. The average Bonchev–Trinajstić information content (AvgIpc) is 3.69. The summed E-state index contributed by atoms with van der Waals surface area (Å²) < 4.78 is 84.8. The van der Waals surface area contributed by atoms with Crippen LogP contribution in [0.15, 0.2) is 18.0 Å². The predicted molar refractivity (Wildman–Crippen MR) is 165 cm³/mol. The first-order valence-electron chi connectivity index (χ1n) is 16.0. The van der Waals surface area contributed by atoms with Crippen molar-refractivity contribution < 1.29 is 41.0 Å². The number of benzene rings is 1. The lowest BCUT2D eigenvalue weighted by atomic mass is 9.88. The van der Waals surface area contributed by atoms with Crippen molar-refractivity contribution in [2.75, 3.05) is 43.4 Å². The van der Waals surface area contributed by atoms with Gasteiger partial charge in [0.15, 0.2) is 5.82 Å². The van der Waals surface area contributed by atoms with E-state index in [1.54, 1.807) is 4.90 Å². The maximum Gasteiger partial charge on any atom is 0.418 e. The van der Waals surface area contributed by atoms with Crippen LogP contribution in [-0.4, -0.2) is 70.7 Å². The number of fused-ring (bicyclic) bond motifs is 2. The molecule has 5 aliphatic heterocycles. The van der Waals surface area contributed by atoms with Gasteiger partial charge in [0, 0.05) is 36.2 Å². The summed E-state index contributed by atoms with van der Waals surface area (Å²) in [7, 11) is 0. The maximum atomic E-state index is 15.6. The molecule has 1 spiro atoms. The molecule has 4 fully saturated rings. The second-order valence-corrected chi connectivity index (χ2v) is 13.2. The molecule has 6 heterocycles. The molecule has 0 bridgehead atoms. The Balaban J connectivity index is 1.28. The minimum Gasteiger partial charge on any atom is -0.461 e. The fourth-order valence-corrected chi connectivity index (χ4v) is 7.99. The number of rotatable bonds is 5.